The average molecular weight is 142 g/mol. The van der Waals surface area contributed by atoms with E-state index in [0.29, 0.717) is 18.1 Å². The second-order valence-corrected chi connectivity index (χ2v) is 3.64. The Balaban J connectivity index is 2.46. The van der Waals surface area contributed by atoms with Crippen LogP contribution in [0.4, 0.5) is 0 Å². The minimum absolute atomic E-state index is 0.414. The first-order chi connectivity index (χ1) is 4.61. The molecule has 2 N–H and O–H groups in total. The number of hydrogen-bond donors (Lipinski definition) is 1. The molecule has 1 saturated heterocycles. The van der Waals surface area contributed by atoms with Crippen molar-refractivity contribution < 1.29 is 0 Å². The highest BCUT2D eigenvalue weighted by molar-refractivity contribution is 4.86. The van der Waals surface area contributed by atoms with Crippen LogP contribution in [0.2, 0.25) is 0 Å². The topological polar surface area (TPSA) is 29.3 Å². The summed E-state index contributed by atoms with van der Waals surface area (Å²) in [5, 5.41) is 0. The fourth-order valence-corrected chi connectivity index (χ4v) is 1.82. The van der Waals surface area contributed by atoms with E-state index >= 15 is 0 Å². The van der Waals surface area contributed by atoms with Crippen LogP contribution in [0.25, 0.3) is 0 Å². The smallest absolute Gasteiger partial charge is 0.0182 e. The summed E-state index contributed by atoms with van der Waals surface area (Å²) < 4.78 is 0. The maximum absolute atomic E-state index is 5.81. The summed E-state index contributed by atoms with van der Waals surface area (Å²) >= 11 is 0. The van der Waals surface area contributed by atoms with Gasteiger partial charge in [0, 0.05) is 24.7 Å². The average Bonchev–Trinajstić information content (AvgIpc) is 2.10. The van der Waals surface area contributed by atoms with E-state index in [2.05, 4.69) is 25.7 Å². The summed E-state index contributed by atoms with van der Waals surface area (Å²) in [4.78, 5) is 2.46. The van der Waals surface area contributed by atoms with Crippen molar-refractivity contribution >= 4 is 0 Å². The maximum Gasteiger partial charge on any atom is 0.0182 e. The van der Waals surface area contributed by atoms with Crippen molar-refractivity contribution in [1.29, 1.82) is 0 Å². The zero-order valence-corrected chi connectivity index (χ0v) is 7.17. The van der Waals surface area contributed by atoms with Crippen LogP contribution in [0.15, 0.2) is 0 Å². The Bertz CT molecular complexity index is 112. The number of hydrogen-bond acceptors (Lipinski definition) is 2. The molecule has 60 valence electrons. The van der Waals surface area contributed by atoms with Crippen molar-refractivity contribution in [1.82, 2.24) is 4.90 Å². The van der Waals surface area contributed by atoms with Gasteiger partial charge in [-0.2, -0.15) is 0 Å². The lowest BCUT2D eigenvalue weighted by Gasteiger charge is -2.24. The highest BCUT2D eigenvalue weighted by Crippen LogP contribution is 2.17. The Morgan fingerprint density at radius 1 is 1.50 bits per heavy atom. The SMILES string of the molecule is CC(C)N1C[C@H](N)C[C@H]1C. The molecule has 0 saturated carbocycles. The molecule has 0 aliphatic carbocycles. The van der Waals surface area contributed by atoms with Gasteiger partial charge in [-0.25, -0.2) is 0 Å². The van der Waals surface area contributed by atoms with Crippen LogP contribution in [0.5, 0.6) is 0 Å². The molecule has 0 aromatic rings. The largest absolute Gasteiger partial charge is 0.326 e. The molecule has 1 rings (SSSR count). The number of rotatable bonds is 1. The number of likely N-dealkylation sites (tertiary alicyclic amines) is 1. The van der Waals surface area contributed by atoms with Gasteiger partial charge in [-0.1, -0.05) is 0 Å². The first kappa shape index (κ1) is 8.02. The summed E-state index contributed by atoms with van der Waals surface area (Å²) in [5.74, 6) is 0. The summed E-state index contributed by atoms with van der Waals surface area (Å²) in [7, 11) is 0. The van der Waals surface area contributed by atoms with Gasteiger partial charge in [0.1, 0.15) is 0 Å². The third-order valence-corrected chi connectivity index (χ3v) is 2.32. The van der Waals surface area contributed by atoms with Crippen LogP contribution in [-0.2, 0) is 0 Å². The monoisotopic (exact) mass is 142 g/mol. The lowest BCUT2D eigenvalue weighted by molar-refractivity contribution is 0.215. The molecule has 0 unspecified atom stereocenters. The minimum Gasteiger partial charge on any atom is -0.326 e. The molecule has 0 aromatic heterocycles. The molecule has 2 heteroatoms. The summed E-state index contributed by atoms with van der Waals surface area (Å²) in [6.07, 6.45) is 1.16. The van der Waals surface area contributed by atoms with Gasteiger partial charge in [-0.15, -0.1) is 0 Å². The summed E-state index contributed by atoms with van der Waals surface area (Å²) in [6.45, 7) is 7.80. The molecular weight excluding hydrogens is 124 g/mol. The maximum atomic E-state index is 5.81. The quantitative estimate of drug-likeness (QED) is 0.587. The van der Waals surface area contributed by atoms with Gasteiger partial charge in [-0.3, -0.25) is 4.90 Å². The van der Waals surface area contributed by atoms with Gasteiger partial charge in [0.2, 0.25) is 0 Å². The molecule has 1 fully saturated rings. The third kappa shape index (κ3) is 1.50. The molecule has 0 amide bonds. The molecule has 0 bridgehead atoms. The normalized spacial score (nSPS) is 35.7. The van der Waals surface area contributed by atoms with E-state index in [1.54, 1.807) is 0 Å². The van der Waals surface area contributed by atoms with Crippen molar-refractivity contribution in [3.8, 4) is 0 Å². The van der Waals surface area contributed by atoms with Gasteiger partial charge in [-0.05, 0) is 27.2 Å². The van der Waals surface area contributed by atoms with Crippen molar-refractivity contribution in [3.63, 3.8) is 0 Å². The molecule has 1 aliphatic heterocycles. The van der Waals surface area contributed by atoms with Crippen LogP contribution in [0, 0.1) is 0 Å². The van der Waals surface area contributed by atoms with E-state index in [1.807, 2.05) is 0 Å². The molecule has 0 aromatic carbocycles. The lowest BCUT2D eigenvalue weighted by atomic mass is 10.2. The molecule has 2 atom stereocenters. The van der Waals surface area contributed by atoms with Gasteiger partial charge in [0.15, 0.2) is 0 Å². The summed E-state index contributed by atoms with van der Waals surface area (Å²) in [6, 6.07) is 1.76. The minimum atomic E-state index is 0.414. The van der Waals surface area contributed by atoms with Crippen molar-refractivity contribution in [2.75, 3.05) is 6.54 Å². The number of nitrogens with zero attached hydrogens (tertiary/aromatic N) is 1. The van der Waals surface area contributed by atoms with E-state index in [4.69, 9.17) is 5.73 Å². The lowest BCUT2D eigenvalue weighted by Crippen LogP contribution is -2.35. The third-order valence-electron chi connectivity index (χ3n) is 2.32. The second kappa shape index (κ2) is 2.89. The van der Waals surface area contributed by atoms with Crippen LogP contribution in [0.1, 0.15) is 27.2 Å². The first-order valence-electron chi connectivity index (χ1n) is 4.12. The Labute approximate surface area is 63.4 Å². The Morgan fingerprint density at radius 2 is 2.10 bits per heavy atom. The predicted octanol–water partition coefficient (Wildman–Crippen LogP) is 0.816. The molecule has 2 nitrogen and oxygen atoms in total. The van der Waals surface area contributed by atoms with E-state index < -0.39 is 0 Å². The van der Waals surface area contributed by atoms with Crippen molar-refractivity contribution in [3.05, 3.63) is 0 Å². The fraction of sp³-hybridized carbons (Fsp3) is 1.00. The second-order valence-electron chi connectivity index (χ2n) is 3.64. The van der Waals surface area contributed by atoms with Gasteiger partial charge in [0.05, 0.1) is 0 Å². The standard InChI is InChI=1S/C8H18N2/c1-6(2)10-5-8(9)4-7(10)3/h6-8H,4-5,9H2,1-3H3/t7-,8-/m1/s1. The predicted molar refractivity (Wildman–Crippen MR) is 43.9 cm³/mol. The Morgan fingerprint density at radius 3 is 2.30 bits per heavy atom. The highest BCUT2D eigenvalue weighted by Gasteiger charge is 2.27. The Kier molecular flexibility index (Phi) is 2.32. The molecule has 0 radical (unpaired) electrons. The van der Waals surface area contributed by atoms with E-state index in [9.17, 15) is 0 Å². The molecule has 1 heterocycles. The highest BCUT2D eigenvalue weighted by atomic mass is 15.2. The zero-order valence-electron chi connectivity index (χ0n) is 7.17. The van der Waals surface area contributed by atoms with Crippen molar-refractivity contribution in [2.45, 2.75) is 45.3 Å². The van der Waals surface area contributed by atoms with Crippen LogP contribution in [0.3, 0.4) is 0 Å². The Hall–Kier alpha value is -0.0800. The zero-order chi connectivity index (χ0) is 7.72. The van der Waals surface area contributed by atoms with Gasteiger partial charge in [0.25, 0.3) is 0 Å². The molecule has 0 spiro atoms. The van der Waals surface area contributed by atoms with Crippen LogP contribution < -0.4 is 5.73 Å². The van der Waals surface area contributed by atoms with E-state index in [-0.39, 0.29) is 0 Å². The number of nitrogens with two attached hydrogens (primary N) is 1. The van der Waals surface area contributed by atoms with E-state index in [1.165, 1.54) is 0 Å². The molecule has 10 heavy (non-hydrogen) atoms. The van der Waals surface area contributed by atoms with Gasteiger partial charge < -0.3 is 5.73 Å². The van der Waals surface area contributed by atoms with Gasteiger partial charge >= 0.3 is 0 Å². The van der Waals surface area contributed by atoms with Crippen LogP contribution in [-0.4, -0.2) is 29.6 Å². The molecular formula is C8H18N2. The van der Waals surface area contributed by atoms with Crippen molar-refractivity contribution in [2.24, 2.45) is 5.73 Å². The fourth-order valence-electron chi connectivity index (χ4n) is 1.82. The van der Waals surface area contributed by atoms with E-state index in [0.717, 1.165) is 13.0 Å². The first-order valence-corrected chi connectivity index (χ1v) is 4.12. The molecule has 1 aliphatic rings. The van der Waals surface area contributed by atoms with Crippen LogP contribution >= 0.6 is 0 Å². The summed E-state index contributed by atoms with van der Waals surface area (Å²) in [5.41, 5.74) is 5.81.